The van der Waals surface area contributed by atoms with Crippen LogP contribution >= 0.6 is 0 Å². The molecule has 5 rings (SSSR count). The van der Waals surface area contributed by atoms with Gasteiger partial charge in [-0.15, -0.1) is 0 Å². The summed E-state index contributed by atoms with van der Waals surface area (Å²) in [5, 5.41) is 5.35. The van der Waals surface area contributed by atoms with E-state index in [1.807, 2.05) is 24.3 Å². The number of hydrogen-bond donors (Lipinski definition) is 1. The predicted molar refractivity (Wildman–Crippen MR) is 96.5 cm³/mol. The van der Waals surface area contributed by atoms with E-state index in [1.54, 1.807) is 0 Å². The van der Waals surface area contributed by atoms with Crippen LogP contribution in [0.2, 0.25) is 0 Å². The third kappa shape index (κ3) is 2.33. The number of nitrogens with one attached hydrogen (secondary N) is 1. The van der Waals surface area contributed by atoms with Gasteiger partial charge in [-0.1, -0.05) is 42.5 Å². The van der Waals surface area contributed by atoms with Gasteiger partial charge < -0.3 is 14.8 Å². The van der Waals surface area contributed by atoms with Gasteiger partial charge in [-0.2, -0.15) is 0 Å². The van der Waals surface area contributed by atoms with E-state index < -0.39 is 0 Å². The highest BCUT2D eigenvalue weighted by molar-refractivity contribution is 5.97. The lowest BCUT2D eigenvalue weighted by Crippen LogP contribution is -2.25. The Hall–Kier alpha value is -3.01. The van der Waals surface area contributed by atoms with Gasteiger partial charge in [0.1, 0.15) is 13.2 Å². The Morgan fingerprint density at radius 1 is 0.880 bits per heavy atom. The minimum absolute atomic E-state index is 0.00526. The van der Waals surface area contributed by atoms with Crippen LogP contribution in [0.4, 0.5) is 5.69 Å². The molecule has 2 aliphatic rings. The molecular formula is C21H17NO3. The molecule has 4 heteroatoms. The Labute approximate surface area is 145 Å². The standard InChI is InChI=1S/C21H17NO3/c23-21-11-16(15-7-3-5-13-4-1-2-6-14(13)15)17-10-19-20(12-18(17)22-21)25-9-8-24-19/h1-7,10,12,16H,8-9,11H2,(H,22,23)/t16-/m0/s1. The number of carbonyl (C=O) groups excluding carboxylic acids is 1. The lowest BCUT2D eigenvalue weighted by Gasteiger charge is -2.29. The van der Waals surface area contributed by atoms with Gasteiger partial charge in [-0.25, -0.2) is 0 Å². The van der Waals surface area contributed by atoms with Gasteiger partial charge >= 0.3 is 0 Å². The maximum absolute atomic E-state index is 12.3. The molecule has 0 unspecified atom stereocenters. The summed E-state index contributed by atoms with van der Waals surface area (Å²) in [5.41, 5.74) is 3.07. The van der Waals surface area contributed by atoms with Gasteiger partial charge in [0, 0.05) is 24.1 Å². The van der Waals surface area contributed by atoms with Crippen molar-refractivity contribution in [2.24, 2.45) is 0 Å². The molecular weight excluding hydrogens is 314 g/mol. The molecule has 0 fully saturated rings. The predicted octanol–water partition coefficient (Wildman–Crippen LogP) is 4.09. The summed E-state index contributed by atoms with van der Waals surface area (Å²) in [6.07, 6.45) is 0.431. The summed E-state index contributed by atoms with van der Waals surface area (Å²) >= 11 is 0. The van der Waals surface area contributed by atoms with E-state index in [-0.39, 0.29) is 11.8 Å². The van der Waals surface area contributed by atoms with Gasteiger partial charge in [-0.3, -0.25) is 4.79 Å². The van der Waals surface area contributed by atoms with Gasteiger partial charge in [0.05, 0.1) is 0 Å². The highest BCUT2D eigenvalue weighted by atomic mass is 16.6. The molecule has 0 aliphatic carbocycles. The van der Waals surface area contributed by atoms with Crippen molar-refractivity contribution in [2.45, 2.75) is 12.3 Å². The van der Waals surface area contributed by atoms with Crippen LogP contribution in [-0.2, 0) is 4.79 Å². The number of carbonyl (C=O) groups is 1. The van der Waals surface area contributed by atoms with E-state index >= 15 is 0 Å². The third-order valence-electron chi connectivity index (χ3n) is 4.95. The Balaban J connectivity index is 1.71. The van der Waals surface area contributed by atoms with Crippen LogP contribution in [0.15, 0.2) is 54.6 Å². The zero-order chi connectivity index (χ0) is 16.8. The Morgan fingerprint density at radius 2 is 1.64 bits per heavy atom. The number of anilines is 1. The first-order chi connectivity index (χ1) is 12.3. The lowest BCUT2D eigenvalue weighted by atomic mass is 9.82. The molecule has 124 valence electrons. The van der Waals surface area contributed by atoms with Crippen molar-refractivity contribution in [3.05, 3.63) is 65.7 Å². The van der Waals surface area contributed by atoms with Crippen LogP contribution < -0.4 is 14.8 Å². The normalized spacial score (nSPS) is 18.6. The topological polar surface area (TPSA) is 47.6 Å². The molecule has 0 saturated carbocycles. The molecule has 2 heterocycles. The number of fused-ring (bicyclic) bond motifs is 3. The van der Waals surface area contributed by atoms with Crippen LogP contribution in [0.3, 0.4) is 0 Å². The molecule has 1 atom stereocenters. The number of ether oxygens (including phenoxy) is 2. The van der Waals surface area contributed by atoms with E-state index in [4.69, 9.17) is 9.47 Å². The van der Waals surface area contributed by atoms with E-state index in [0.29, 0.717) is 25.4 Å². The molecule has 2 aliphatic heterocycles. The van der Waals surface area contributed by atoms with Crippen molar-refractivity contribution in [3.8, 4) is 11.5 Å². The summed E-state index contributed by atoms with van der Waals surface area (Å²) in [4.78, 5) is 12.3. The second-order valence-corrected chi connectivity index (χ2v) is 6.46. The van der Waals surface area contributed by atoms with Crippen molar-refractivity contribution >= 4 is 22.4 Å². The smallest absolute Gasteiger partial charge is 0.225 e. The lowest BCUT2D eigenvalue weighted by molar-refractivity contribution is -0.116. The summed E-state index contributed by atoms with van der Waals surface area (Å²) in [7, 11) is 0. The molecule has 1 N–H and O–H groups in total. The number of hydrogen-bond acceptors (Lipinski definition) is 3. The summed E-state index contributed by atoms with van der Waals surface area (Å²) in [5.74, 6) is 1.49. The van der Waals surface area contributed by atoms with Crippen molar-refractivity contribution in [1.82, 2.24) is 0 Å². The highest BCUT2D eigenvalue weighted by Gasteiger charge is 2.30. The second-order valence-electron chi connectivity index (χ2n) is 6.46. The number of amides is 1. The maximum Gasteiger partial charge on any atom is 0.225 e. The van der Waals surface area contributed by atoms with Crippen molar-refractivity contribution in [1.29, 1.82) is 0 Å². The van der Waals surface area contributed by atoms with Crippen LogP contribution in [0.25, 0.3) is 10.8 Å². The Kier molecular flexibility index (Phi) is 3.17. The Bertz CT molecular complexity index is 990. The molecule has 4 nitrogen and oxygen atoms in total. The molecule has 0 saturated heterocycles. The van der Waals surface area contributed by atoms with Crippen LogP contribution in [0.5, 0.6) is 11.5 Å². The molecule has 0 radical (unpaired) electrons. The number of benzene rings is 3. The molecule has 0 bridgehead atoms. The van der Waals surface area contributed by atoms with Gasteiger partial charge in [-0.05, 0) is 28.0 Å². The molecule has 3 aromatic carbocycles. The van der Waals surface area contributed by atoms with E-state index in [9.17, 15) is 4.79 Å². The average Bonchev–Trinajstić information content (AvgIpc) is 2.65. The molecule has 0 aromatic heterocycles. The summed E-state index contributed by atoms with van der Waals surface area (Å²) in [6, 6.07) is 18.5. The zero-order valence-electron chi connectivity index (χ0n) is 13.6. The average molecular weight is 331 g/mol. The fourth-order valence-corrected chi connectivity index (χ4v) is 3.83. The van der Waals surface area contributed by atoms with Gasteiger partial charge in [0.25, 0.3) is 0 Å². The van der Waals surface area contributed by atoms with Crippen LogP contribution in [-0.4, -0.2) is 19.1 Å². The highest BCUT2D eigenvalue weighted by Crippen LogP contribution is 2.45. The molecule has 3 aromatic rings. The third-order valence-corrected chi connectivity index (χ3v) is 4.95. The summed E-state index contributed by atoms with van der Waals surface area (Å²) < 4.78 is 11.4. The second kappa shape index (κ2) is 5.52. The fraction of sp³-hybridized carbons (Fsp3) is 0.190. The maximum atomic E-state index is 12.3. The van der Waals surface area contributed by atoms with Crippen LogP contribution in [0, 0.1) is 0 Å². The van der Waals surface area contributed by atoms with E-state index in [0.717, 1.165) is 17.0 Å². The van der Waals surface area contributed by atoms with Gasteiger partial charge in [0.15, 0.2) is 11.5 Å². The minimum Gasteiger partial charge on any atom is -0.486 e. The first-order valence-electron chi connectivity index (χ1n) is 8.50. The van der Waals surface area contributed by atoms with E-state index in [2.05, 4.69) is 35.6 Å². The summed E-state index contributed by atoms with van der Waals surface area (Å²) in [6.45, 7) is 1.09. The van der Waals surface area contributed by atoms with Crippen LogP contribution in [0.1, 0.15) is 23.5 Å². The minimum atomic E-state index is 0.00526. The first-order valence-corrected chi connectivity index (χ1v) is 8.50. The number of rotatable bonds is 1. The zero-order valence-corrected chi connectivity index (χ0v) is 13.6. The fourth-order valence-electron chi connectivity index (χ4n) is 3.83. The SMILES string of the molecule is O=C1C[C@@H](c2cccc3ccccc23)c2cc3c(cc2N1)OCCO3. The molecule has 0 spiro atoms. The van der Waals surface area contributed by atoms with Crippen molar-refractivity contribution in [3.63, 3.8) is 0 Å². The quantitative estimate of drug-likeness (QED) is 0.731. The largest absolute Gasteiger partial charge is 0.486 e. The monoisotopic (exact) mass is 331 g/mol. The van der Waals surface area contributed by atoms with Gasteiger partial charge in [0.2, 0.25) is 5.91 Å². The van der Waals surface area contributed by atoms with Crippen molar-refractivity contribution < 1.29 is 14.3 Å². The van der Waals surface area contributed by atoms with Crippen molar-refractivity contribution in [2.75, 3.05) is 18.5 Å². The van der Waals surface area contributed by atoms with E-state index in [1.165, 1.54) is 16.3 Å². The Morgan fingerprint density at radius 3 is 2.52 bits per heavy atom. The first kappa shape index (κ1) is 14.3. The molecule has 25 heavy (non-hydrogen) atoms. The molecule has 1 amide bonds.